The van der Waals surface area contributed by atoms with Crippen molar-refractivity contribution in [2.24, 2.45) is 11.3 Å². The Morgan fingerprint density at radius 1 is 1.06 bits per heavy atom. The fraction of sp³-hybridized carbons (Fsp3) is 1.00. The summed E-state index contributed by atoms with van der Waals surface area (Å²) in [6.45, 7) is 12.5. The highest BCUT2D eigenvalue weighted by atomic mass is 15.1. The molecule has 2 aliphatic rings. The Morgan fingerprint density at radius 2 is 1.89 bits per heavy atom. The average molecular weight is 252 g/mol. The molecule has 2 fully saturated rings. The molecule has 2 heteroatoms. The maximum atomic E-state index is 3.62. The zero-order chi connectivity index (χ0) is 13.0. The van der Waals surface area contributed by atoms with Crippen molar-refractivity contribution in [2.45, 2.75) is 65.3 Å². The van der Waals surface area contributed by atoms with Crippen LogP contribution < -0.4 is 5.32 Å². The Hall–Kier alpha value is -0.0800. The van der Waals surface area contributed by atoms with E-state index in [1.54, 1.807) is 0 Å². The quantitative estimate of drug-likeness (QED) is 0.829. The Bertz CT molecular complexity index is 238. The molecule has 0 radical (unpaired) electrons. The van der Waals surface area contributed by atoms with Crippen LogP contribution in [0.5, 0.6) is 0 Å². The highest BCUT2D eigenvalue weighted by Gasteiger charge is 2.27. The number of likely N-dealkylation sites (tertiary alicyclic amines) is 1. The Kier molecular flexibility index (Phi) is 5.08. The highest BCUT2D eigenvalue weighted by Crippen LogP contribution is 2.34. The van der Waals surface area contributed by atoms with Gasteiger partial charge in [-0.15, -0.1) is 0 Å². The normalized spacial score (nSPS) is 31.5. The van der Waals surface area contributed by atoms with Crippen molar-refractivity contribution in [1.82, 2.24) is 10.2 Å². The second kappa shape index (κ2) is 6.38. The topological polar surface area (TPSA) is 15.3 Å². The largest absolute Gasteiger partial charge is 0.314 e. The summed E-state index contributed by atoms with van der Waals surface area (Å²) < 4.78 is 0. The third-order valence-corrected chi connectivity index (χ3v) is 5.00. The Morgan fingerprint density at radius 3 is 2.56 bits per heavy atom. The molecule has 1 N–H and O–H groups in total. The van der Waals surface area contributed by atoms with Crippen molar-refractivity contribution in [2.75, 3.05) is 26.2 Å². The first-order valence-corrected chi connectivity index (χ1v) is 8.01. The summed E-state index contributed by atoms with van der Waals surface area (Å²) in [5.41, 5.74) is 0.503. The van der Waals surface area contributed by atoms with Gasteiger partial charge < -0.3 is 10.2 Å². The minimum absolute atomic E-state index is 0.503. The molecule has 2 saturated heterocycles. The molecular weight excluding hydrogens is 220 g/mol. The second-order valence-corrected chi connectivity index (χ2v) is 7.42. The van der Waals surface area contributed by atoms with E-state index in [-0.39, 0.29) is 0 Å². The van der Waals surface area contributed by atoms with Gasteiger partial charge in [-0.05, 0) is 76.0 Å². The zero-order valence-corrected chi connectivity index (χ0v) is 12.7. The molecule has 0 aliphatic carbocycles. The first-order chi connectivity index (χ1) is 8.55. The molecule has 0 saturated carbocycles. The molecule has 2 atom stereocenters. The smallest absolute Gasteiger partial charge is 0.00797 e. The molecule has 2 aliphatic heterocycles. The summed E-state index contributed by atoms with van der Waals surface area (Å²) in [5, 5.41) is 3.62. The summed E-state index contributed by atoms with van der Waals surface area (Å²) in [6, 6.07) is 0.812. The molecule has 2 nitrogen and oxygen atoms in total. The monoisotopic (exact) mass is 252 g/mol. The first kappa shape index (κ1) is 14.3. The van der Waals surface area contributed by atoms with Gasteiger partial charge in [-0.25, -0.2) is 0 Å². The van der Waals surface area contributed by atoms with E-state index in [0.29, 0.717) is 5.41 Å². The molecule has 0 spiro atoms. The van der Waals surface area contributed by atoms with Crippen molar-refractivity contribution in [3.8, 4) is 0 Å². The van der Waals surface area contributed by atoms with E-state index in [0.717, 1.165) is 12.0 Å². The minimum Gasteiger partial charge on any atom is -0.314 e. The number of nitrogens with one attached hydrogen (secondary N) is 1. The number of hydrogen-bond acceptors (Lipinski definition) is 2. The molecular formula is C16H32N2. The van der Waals surface area contributed by atoms with Crippen LogP contribution in [0.1, 0.15) is 59.3 Å². The van der Waals surface area contributed by atoms with Crippen LogP contribution in [0.25, 0.3) is 0 Å². The van der Waals surface area contributed by atoms with E-state index < -0.39 is 0 Å². The molecule has 0 aromatic carbocycles. The van der Waals surface area contributed by atoms with E-state index in [2.05, 4.69) is 31.0 Å². The summed E-state index contributed by atoms with van der Waals surface area (Å²) in [5.74, 6) is 0.923. The number of hydrogen-bond donors (Lipinski definition) is 1. The second-order valence-electron chi connectivity index (χ2n) is 7.42. The van der Waals surface area contributed by atoms with E-state index in [1.807, 2.05) is 0 Å². The number of rotatable bonds is 3. The van der Waals surface area contributed by atoms with E-state index in [1.165, 1.54) is 64.7 Å². The molecule has 0 aromatic heterocycles. The van der Waals surface area contributed by atoms with E-state index in [4.69, 9.17) is 0 Å². The lowest BCUT2D eigenvalue weighted by atomic mass is 9.77. The lowest BCUT2D eigenvalue weighted by molar-refractivity contribution is 0.206. The van der Waals surface area contributed by atoms with Crippen LogP contribution in [-0.4, -0.2) is 37.1 Å². The van der Waals surface area contributed by atoms with Gasteiger partial charge in [0.25, 0.3) is 0 Å². The molecule has 2 rings (SSSR count). The summed E-state index contributed by atoms with van der Waals surface area (Å²) in [4.78, 5) is 2.71. The van der Waals surface area contributed by atoms with E-state index >= 15 is 0 Å². The SMILES string of the molecule is CC(C)(C)C1CCCN(CCC2CCCN2)CC1. The van der Waals surface area contributed by atoms with Gasteiger partial charge in [0, 0.05) is 6.04 Å². The summed E-state index contributed by atoms with van der Waals surface area (Å²) >= 11 is 0. The minimum atomic E-state index is 0.503. The van der Waals surface area contributed by atoms with Gasteiger partial charge >= 0.3 is 0 Å². The van der Waals surface area contributed by atoms with Crippen LogP contribution in [0.15, 0.2) is 0 Å². The van der Waals surface area contributed by atoms with Gasteiger partial charge in [0.2, 0.25) is 0 Å². The van der Waals surface area contributed by atoms with Gasteiger partial charge in [0.1, 0.15) is 0 Å². The van der Waals surface area contributed by atoms with Crippen molar-refractivity contribution in [3.05, 3.63) is 0 Å². The van der Waals surface area contributed by atoms with Gasteiger partial charge in [-0.1, -0.05) is 20.8 Å². The summed E-state index contributed by atoms with van der Waals surface area (Å²) in [6.07, 6.45) is 8.39. The van der Waals surface area contributed by atoms with Crippen LogP contribution in [0.3, 0.4) is 0 Å². The first-order valence-electron chi connectivity index (χ1n) is 8.01. The number of nitrogens with zero attached hydrogens (tertiary/aromatic N) is 1. The van der Waals surface area contributed by atoms with Crippen molar-refractivity contribution in [3.63, 3.8) is 0 Å². The Labute approximate surface area is 114 Å². The lowest BCUT2D eigenvalue weighted by Crippen LogP contribution is -2.32. The van der Waals surface area contributed by atoms with Gasteiger partial charge in [0.15, 0.2) is 0 Å². The average Bonchev–Trinajstić information content (AvgIpc) is 2.69. The van der Waals surface area contributed by atoms with Gasteiger partial charge in [-0.2, -0.15) is 0 Å². The summed E-state index contributed by atoms with van der Waals surface area (Å²) in [7, 11) is 0. The molecule has 2 unspecified atom stereocenters. The lowest BCUT2D eigenvalue weighted by Gasteiger charge is -2.30. The zero-order valence-electron chi connectivity index (χ0n) is 12.7. The maximum Gasteiger partial charge on any atom is 0.00797 e. The van der Waals surface area contributed by atoms with Crippen LogP contribution in [0, 0.1) is 11.3 Å². The highest BCUT2D eigenvalue weighted by molar-refractivity contribution is 4.80. The predicted molar refractivity (Wildman–Crippen MR) is 78.9 cm³/mol. The molecule has 0 amide bonds. The molecule has 2 heterocycles. The Balaban J connectivity index is 1.71. The fourth-order valence-electron chi connectivity index (χ4n) is 3.59. The van der Waals surface area contributed by atoms with Crippen molar-refractivity contribution >= 4 is 0 Å². The molecule has 0 aromatic rings. The van der Waals surface area contributed by atoms with Crippen LogP contribution in [-0.2, 0) is 0 Å². The standard InChI is InChI=1S/C16H32N2/c1-16(2,3)14-6-5-11-18(12-8-14)13-9-15-7-4-10-17-15/h14-15,17H,4-13H2,1-3H3. The maximum absolute atomic E-state index is 3.62. The van der Waals surface area contributed by atoms with E-state index in [9.17, 15) is 0 Å². The molecule has 0 bridgehead atoms. The third-order valence-electron chi connectivity index (χ3n) is 5.00. The van der Waals surface area contributed by atoms with Crippen molar-refractivity contribution < 1.29 is 0 Å². The van der Waals surface area contributed by atoms with Crippen molar-refractivity contribution in [1.29, 1.82) is 0 Å². The predicted octanol–water partition coefficient (Wildman–Crippen LogP) is 3.28. The van der Waals surface area contributed by atoms with Gasteiger partial charge in [-0.3, -0.25) is 0 Å². The van der Waals surface area contributed by atoms with Gasteiger partial charge in [0.05, 0.1) is 0 Å². The third kappa shape index (κ3) is 4.24. The fourth-order valence-corrected chi connectivity index (χ4v) is 3.59. The van der Waals surface area contributed by atoms with Crippen LogP contribution in [0.4, 0.5) is 0 Å². The van der Waals surface area contributed by atoms with Crippen LogP contribution >= 0.6 is 0 Å². The molecule has 18 heavy (non-hydrogen) atoms. The molecule has 106 valence electrons. The van der Waals surface area contributed by atoms with Crippen LogP contribution in [0.2, 0.25) is 0 Å².